The maximum Gasteiger partial charge on any atom is 0.219 e. The lowest BCUT2D eigenvalue weighted by Crippen LogP contribution is -2.04. The topological polar surface area (TPSA) is 57.0 Å². The van der Waals surface area contributed by atoms with Gasteiger partial charge in [-0.2, -0.15) is 9.78 Å². The van der Waals surface area contributed by atoms with Crippen molar-refractivity contribution in [1.29, 1.82) is 0 Å². The lowest BCUT2D eigenvalue weighted by molar-refractivity contribution is 0.101. The van der Waals surface area contributed by atoms with Gasteiger partial charge >= 0.3 is 0 Å². The Morgan fingerprint density at radius 2 is 1.79 bits per heavy atom. The Balaban J connectivity index is 1.76. The number of aromatic nitrogens is 3. The van der Waals surface area contributed by atoms with Gasteiger partial charge in [-0.15, -0.1) is 0 Å². The highest BCUT2D eigenvalue weighted by Crippen LogP contribution is 2.29. The molecular formula is C24H21N3O2. The second-order valence-corrected chi connectivity index (χ2v) is 6.83. The van der Waals surface area contributed by atoms with Crippen LogP contribution in [0.2, 0.25) is 0 Å². The summed E-state index contributed by atoms with van der Waals surface area (Å²) in [6, 6.07) is 23.2. The summed E-state index contributed by atoms with van der Waals surface area (Å²) in [6.45, 7) is 3.99. The third-order valence-electron chi connectivity index (χ3n) is 4.69. The summed E-state index contributed by atoms with van der Waals surface area (Å²) in [5, 5.41) is 4.74. The smallest absolute Gasteiger partial charge is 0.219 e. The lowest BCUT2D eigenvalue weighted by atomic mass is 10.0. The first-order valence-corrected chi connectivity index (χ1v) is 9.42. The van der Waals surface area contributed by atoms with Crippen molar-refractivity contribution in [2.45, 2.75) is 20.5 Å². The number of ether oxygens (including phenoxy) is 1. The third-order valence-corrected chi connectivity index (χ3v) is 4.69. The Morgan fingerprint density at radius 3 is 2.52 bits per heavy atom. The fraction of sp³-hybridized carbons (Fsp3) is 0.125. The Bertz CT molecular complexity index is 1140. The van der Waals surface area contributed by atoms with Crippen molar-refractivity contribution in [2.24, 2.45) is 0 Å². The average Bonchev–Trinajstić information content (AvgIpc) is 3.18. The Hall–Kier alpha value is -3.73. The second kappa shape index (κ2) is 8.10. The molecule has 0 amide bonds. The van der Waals surface area contributed by atoms with Crippen LogP contribution >= 0.6 is 0 Å². The van der Waals surface area contributed by atoms with Gasteiger partial charge in [0.2, 0.25) is 5.88 Å². The van der Waals surface area contributed by atoms with E-state index in [1.807, 2.05) is 79.7 Å². The van der Waals surface area contributed by atoms with Gasteiger partial charge in [0.15, 0.2) is 11.6 Å². The van der Waals surface area contributed by atoms with E-state index < -0.39 is 0 Å². The van der Waals surface area contributed by atoms with E-state index in [2.05, 4.69) is 4.98 Å². The number of carbonyl (C=O) groups is 1. The summed E-state index contributed by atoms with van der Waals surface area (Å²) in [7, 11) is 0. The maximum absolute atomic E-state index is 11.8. The zero-order chi connectivity index (χ0) is 20.2. The minimum atomic E-state index is 0.0240. The van der Waals surface area contributed by atoms with Crippen LogP contribution in [0.25, 0.3) is 17.1 Å². The minimum Gasteiger partial charge on any atom is -0.473 e. The maximum atomic E-state index is 11.8. The van der Waals surface area contributed by atoms with E-state index in [0.717, 1.165) is 22.4 Å². The van der Waals surface area contributed by atoms with Gasteiger partial charge in [0.05, 0.1) is 5.69 Å². The summed E-state index contributed by atoms with van der Waals surface area (Å²) in [5.74, 6) is 1.29. The Labute approximate surface area is 169 Å². The van der Waals surface area contributed by atoms with Crippen molar-refractivity contribution in [3.63, 3.8) is 0 Å². The predicted octanol–water partition coefficient (Wildman–Crippen LogP) is 5.02. The molecule has 4 aromatic rings. The van der Waals surface area contributed by atoms with E-state index in [-0.39, 0.29) is 5.78 Å². The normalized spacial score (nSPS) is 10.7. The van der Waals surface area contributed by atoms with E-state index in [0.29, 0.717) is 23.9 Å². The second-order valence-electron chi connectivity index (χ2n) is 6.83. The number of Topliss-reactive ketones (excluding diaryl/α,β-unsaturated/α-hetero) is 1. The van der Waals surface area contributed by atoms with Gasteiger partial charge in [-0.25, -0.2) is 4.98 Å². The van der Waals surface area contributed by atoms with Crippen molar-refractivity contribution in [1.82, 2.24) is 14.8 Å². The summed E-state index contributed by atoms with van der Waals surface area (Å²) < 4.78 is 7.78. The van der Waals surface area contributed by atoms with Crippen molar-refractivity contribution < 1.29 is 9.53 Å². The minimum absolute atomic E-state index is 0.0240. The molecule has 5 heteroatoms. The molecule has 0 fully saturated rings. The van der Waals surface area contributed by atoms with Crippen molar-refractivity contribution >= 4 is 5.78 Å². The van der Waals surface area contributed by atoms with E-state index in [9.17, 15) is 4.79 Å². The number of pyridine rings is 1. The molecule has 2 aromatic heterocycles. The Morgan fingerprint density at radius 1 is 1.00 bits per heavy atom. The zero-order valence-corrected chi connectivity index (χ0v) is 16.4. The van der Waals surface area contributed by atoms with Crippen LogP contribution in [-0.2, 0) is 6.61 Å². The molecule has 0 atom stereocenters. The van der Waals surface area contributed by atoms with E-state index in [4.69, 9.17) is 9.84 Å². The number of ketones is 1. The first-order valence-electron chi connectivity index (χ1n) is 9.42. The highest BCUT2D eigenvalue weighted by Gasteiger charge is 2.16. The number of hydrogen-bond donors (Lipinski definition) is 0. The first kappa shape index (κ1) is 18.6. The van der Waals surface area contributed by atoms with Gasteiger partial charge in [0.25, 0.3) is 0 Å². The molecule has 0 bridgehead atoms. The SMILES string of the molecule is CC(=O)c1ccc(C)c(-c2cc(OCc3ccccc3)n(-c3ccccn3)n2)c1. The number of rotatable bonds is 6. The molecule has 0 spiro atoms. The van der Waals surface area contributed by atoms with Crippen LogP contribution in [0, 0.1) is 6.92 Å². The van der Waals surface area contributed by atoms with Crippen LogP contribution in [0.3, 0.4) is 0 Å². The number of hydrogen-bond acceptors (Lipinski definition) is 4. The molecule has 0 N–H and O–H groups in total. The van der Waals surface area contributed by atoms with Crippen molar-refractivity contribution in [2.75, 3.05) is 0 Å². The quantitative estimate of drug-likeness (QED) is 0.439. The fourth-order valence-electron chi connectivity index (χ4n) is 3.09. The van der Waals surface area contributed by atoms with Gasteiger partial charge in [-0.05, 0) is 43.2 Å². The van der Waals surface area contributed by atoms with E-state index in [1.54, 1.807) is 17.8 Å². The summed E-state index contributed by atoms with van der Waals surface area (Å²) in [6.07, 6.45) is 1.72. The van der Waals surface area contributed by atoms with E-state index >= 15 is 0 Å². The van der Waals surface area contributed by atoms with Crippen LogP contribution in [0.1, 0.15) is 28.4 Å². The van der Waals surface area contributed by atoms with Crippen LogP contribution in [0.15, 0.2) is 79.0 Å². The highest BCUT2D eigenvalue weighted by molar-refractivity contribution is 5.95. The molecule has 0 aliphatic carbocycles. The fourth-order valence-corrected chi connectivity index (χ4v) is 3.09. The molecule has 2 aromatic carbocycles. The van der Waals surface area contributed by atoms with Crippen molar-refractivity contribution in [3.05, 3.63) is 95.7 Å². The molecule has 0 radical (unpaired) electrons. The largest absolute Gasteiger partial charge is 0.473 e. The molecule has 5 nitrogen and oxygen atoms in total. The van der Waals surface area contributed by atoms with E-state index in [1.165, 1.54) is 0 Å². The summed E-state index contributed by atoms with van der Waals surface area (Å²) in [5.41, 5.74) is 4.40. The molecule has 2 heterocycles. The van der Waals surface area contributed by atoms with Gasteiger partial charge < -0.3 is 4.74 Å². The average molecular weight is 383 g/mol. The number of carbonyl (C=O) groups excluding carboxylic acids is 1. The molecule has 0 unspecified atom stereocenters. The molecule has 0 saturated heterocycles. The van der Waals surface area contributed by atoms with Crippen LogP contribution in [0.5, 0.6) is 5.88 Å². The lowest BCUT2D eigenvalue weighted by Gasteiger charge is -2.08. The number of nitrogens with zero attached hydrogens (tertiary/aromatic N) is 3. The van der Waals surface area contributed by atoms with Crippen molar-refractivity contribution in [3.8, 4) is 23.0 Å². The van der Waals surface area contributed by atoms with Crippen LogP contribution in [-0.4, -0.2) is 20.5 Å². The highest BCUT2D eigenvalue weighted by atomic mass is 16.5. The molecule has 29 heavy (non-hydrogen) atoms. The standard InChI is InChI=1S/C24H21N3O2/c1-17-11-12-20(18(2)28)14-21(17)22-15-24(29-16-19-8-4-3-5-9-19)27(26-22)23-10-6-7-13-25-23/h3-15H,16H2,1-2H3. The molecule has 144 valence electrons. The third kappa shape index (κ3) is 4.09. The predicted molar refractivity (Wildman–Crippen MR) is 112 cm³/mol. The molecular weight excluding hydrogens is 362 g/mol. The van der Waals surface area contributed by atoms with Gasteiger partial charge in [0.1, 0.15) is 6.61 Å². The molecule has 0 aliphatic heterocycles. The van der Waals surface area contributed by atoms with Gasteiger partial charge in [-0.1, -0.05) is 48.5 Å². The van der Waals surface area contributed by atoms with Gasteiger partial charge in [-0.3, -0.25) is 4.79 Å². The zero-order valence-electron chi connectivity index (χ0n) is 16.4. The van der Waals surface area contributed by atoms with Crippen LogP contribution < -0.4 is 4.74 Å². The van der Waals surface area contributed by atoms with Crippen LogP contribution in [0.4, 0.5) is 0 Å². The Kier molecular flexibility index (Phi) is 5.20. The van der Waals surface area contributed by atoms with Gasteiger partial charge in [0, 0.05) is 23.4 Å². The molecule has 0 saturated carbocycles. The number of aryl methyl sites for hydroxylation is 1. The number of benzene rings is 2. The first-order chi connectivity index (χ1) is 14.1. The molecule has 4 rings (SSSR count). The molecule has 0 aliphatic rings. The summed E-state index contributed by atoms with van der Waals surface area (Å²) >= 11 is 0. The monoisotopic (exact) mass is 383 g/mol. The summed E-state index contributed by atoms with van der Waals surface area (Å²) in [4.78, 5) is 16.2.